The van der Waals surface area contributed by atoms with Crippen molar-refractivity contribution in [2.75, 3.05) is 12.8 Å². The van der Waals surface area contributed by atoms with E-state index >= 15 is 0 Å². The Bertz CT molecular complexity index is 1550. The summed E-state index contributed by atoms with van der Waals surface area (Å²) < 4.78 is 31.9. The SMILES string of the molecule is COC(=O)C(C)Cc1ccc(F)c(Oc2ccc3c(c2)nnn3-c2cc(-c3ccco3)nc(N)n2)c1. The maximum atomic E-state index is 14.5. The number of esters is 1. The number of rotatable bonds is 7. The lowest BCUT2D eigenvalue weighted by Gasteiger charge is -2.12. The number of furan rings is 1. The average molecular weight is 488 g/mol. The summed E-state index contributed by atoms with van der Waals surface area (Å²) >= 11 is 0. The first kappa shape index (κ1) is 23.0. The first-order chi connectivity index (χ1) is 17.4. The molecule has 0 radical (unpaired) electrons. The van der Waals surface area contributed by atoms with Gasteiger partial charge in [-0.1, -0.05) is 18.2 Å². The molecular weight excluding hydrogens is 467 g/mol. The molecule has 10 nitrogen and oxygen atoms in total. The Labute approximate surface area is 204 Å². The van der Waals surface area contributed by atoms with Gasteiger partial charge in [0.1, 0.15) is 17.0 Å². The normalized spacial score (nSPS) is 12.0. The van der Waals surface area contributed by atoms with E-state index in [1.165, 1.54) is 24.1 Å². The standard InChI is InChI=1S/C25H21FN6O4/c1-14(24(33)34-2)10-15-5-7-17(26)22(11-15)36-16-6-8-20-18(12-16)30-31-32(20)23-13-19(28-25(27)29-23)21-4-3-9-35-21/h3-9,11-14H,10H2,1-2H3,(H2,27,28,29). The highest BCUT2D eigenvalue weighted by atomic mass is 19.1. The summed E-state index contributed by atoms with van der Waals surface area (Å²) in [6.45, 7) is 1.75. The number of methoxy groups -OCH3 is 1. The maximum Gasteiger partial charge on any atom is 0.308 e. The Morgan fingerprint density at radius 1 is 1.17 bits per heavy atom. The second-order valence-corrected chi connectivity index (χ2v) is 8.09. The topological polar surface area (TPSA) is 131 Å². The molecule has 1 atom stereocenters. The fourth-order valence-electron chi connectivity index (χ4n) is 3.77. The van der Waals surface area contributed by atoms with Crippen molar-refractivity contribution in [3.63, 3.8) is 0 Å². The number of benzene rings is 2. The first-order valence-electron chi connectivity index (χ1n) is 11.0. The van der Waals surface area contributed by atoms with Crippen LogP contribution in [0.15, 0.2) is 65.3 Å². The summed E-state index contributed by atoms with van der Waals surface area (Å²) in [7, 11) is 1.34. The van der Waals surface area contributed by atoms with Crippen molar-refractivity contribution in [1.29, 1.82) is 0 Å². The van der Waals surface area contributed by atoms with Crippen molar-refractivity contribution in [1.82, 2.24) is 25.0 Å². The molecule has 0 spiro atoms. The number of ether oxygens (including phenoxy) is 2. The molecule has 5 rings (SSSR count). The molecule has 0 bridgehead atoms. The molecule has 182 valence electrons. The molecule has 3 heterocycles. The summed E-state index contributed by atoms with van der Waals surface area (Å²) in [5, 5.41) is 8.37. The van der Waals surface area contributed by atoms with Crippen LogP contribution in [-0.4, -0.2) is 38.0 Å². The molecule has 0 saturated heterocycles. The van der Waals surface area contributed by atoms with Crippen LogP contribution in [0.5, 0.6) is 11.5 Å². The van der Waals surface area contributed by atoms with E-state index in [0.29, 0.717) is 40.5 Å². The fraction of sp³-hybridized carbons (Fsp3) is 0.160. The van der Waals surface area contributed by atoms with Crippen LogP contribution < -0.4 is 10.5 Å². The Balaban J connectivity index is 1.42. The predicted octanol–water partition coefficient (Wildman–Crippen LogP) is 4.34. The number of carbonyl (C=O) groups excluding carboxylic acids is 1. The van der Waals surface area contributed by atoms with Crippen LogP contribution >= 0.6 is 0 Å². The monoisotopic (exact) mass is 488 g/mol. The van der Waals surface area contributed by atoms with Gasteiger partial charge in [-0.3, -0.25) is 4.79 Å². The van der Waals surface area contributed by atoms with E-state index < -0.39 is 5.82 Å². The molecule has 0 fully saturated rings. The molecule has 0 aliphatic heterocycles. The van der Waals surface area contributed by atoms with Gasteiger partial charge in [-0.25, -0.2) is 9.37 Å². The third-order valence-electron chi connectivity index (χ3n) is 5.51. The molecule has 2 aromatic carbocycles. The minimum atomic E-state index is -0.532. The van der Waals surface area contributed by atoms with E-state index in [1.54, 1.807) is 55.5 Å². The third-order valence-corrected chi connectivity index (χ3v) is 5.51. The van der Waals surface area contributed by atoms with E-state index in [2.05, 4.69) is 20.3 Å². The van der Waals surface area contributed by atoms with Gasteiger partial charge in [0.25, 0.3) is 0 Å². The molecular formula is C25H21FN6O4. The van der Waals surface area contributed by atoms with E-state index in [0.717, 1.165) is 5.56 Å². The molecule has 11 heteroatoms. The lowest BCUT2D eigenvalue weighted by atomic mass is 10.0. The van der Waals surface area contributed by atoms with Crippen molar-refractivity contribution in [2.45, 2.75) is 13.3 Å². The molecule has 0 amide bonds. The molecule has 36 heavy (non-hydrogen) atoms. The van der Waals surface area contributed by atoms with Gasteiger partial charge in [0.05, 0.1) is 24.8 Å². The molecule has 0 saturated carbocycles. The quantitative estimate of drug-likeness (QED) is 0.332. The van der Waals surface area contributed by atoms with E-state index in [9.17, 15) is 9.18 Å². The van der Waals surface area contributed by atoms with Gasteiger partial charge in [0, 0.05) is 12.1 Å². The molecule has 3 aromatic heterocycles. The van der Waals surface area contributed by atoms with Gasteiger partial charge < -0.3 is 19.6 Å². The van der Waals surface area contributed by atoms with E-state index in [1.807, 2.05) is 0 Å². The summed E-state index contributed by atoms with van der Waals surface area (Å²) in [4.78, 5) is 20.2. The first-order valence-corrected chi connectivity index (χ1v) is 11.0. The highest BCUT2D eigenvalue weighted by molar-refractivity contribution is 5.78. The zero-order valence-corrected chi connectivity index (χ0v) is 19.4. The number of carbonyl (C=O) groups is 1. The van der Waals surface area contributed by atoms with Crippen molar-refractivity contribution in [2.24, 2.45) is 5.92 Å². The summed E-state index contributed by atoms with van der Waals surface area (Å²) in [5.41, 5.74) is 8.28. The highest BCUT2D eigenvalue weighted by Crippen LogP contribution is 2.29. The van der Waals surface area contributed by atoms with E-state index in [4.69, 9.17) is 19.6 Å². The number of aromatic nitrogens is 5. The Kier molecular flexibility index (Phi) is 6.03. The molecule has 2 N–H and O–H groups in total. The molecule has 0 aliphatic carbocycles. The maximum absolute atomic E-state index is 14.5. The minimum absolute atomic E-state index is 0.0305. The van der Waals surface area contributed by atoms with Crippen LogP contribution in [0.1, 0.15) is 12.5 Å². The number of nitrogens with zero attached hydrogens (tertiary/aromatic N) is 5. The van der Waals surface area contributed by atoms with E-state index in [-0.39, 0.29) is 23.6 Å². The zero-order valence-electron chi connectivity index (χ0n) is 19.4. The van der Waals surface area contributed by atoms with Crippen molar-refractivity contribution < 1.29 is 23.1 Å². The number of halogens is 1. The average Bonchev–Trinajstić information content (AvgIpc) is 3.55. The minimum Gasteiger partial charge on any atom is -0.469 e. The fourth-order valence-corrected chi connectivity index (χ4v) is 3.77. The largest absolute Gasteiger partial charge is 0.469 e. The van der Waals surface area contributed by atoms with Crippen LogP contribution in [-0.2, 0) is 16.0 Å². The third kappa shape index (κ3) is 4.58. The zero-order chi connectivity index (χ0) is 25.2. The number of hydrogen-bond donors (Lipinski definition) is 1. The molecule has 0 aliphatic rings. The van der Waals surface area contributed by atoms with Gasteiger partial charge >= 0.3 is 5.97 Å². The second kappa shape index (κ2) is 9.45. The van der Waals surface area contributed by atoms with Crippen molar-refractivity contribution in [3.05, 3.63) is 72.2 Å². The lowest BCUT2D eigenvalue weighted by molar-refractivity contribution is -0.144. The number of nitrogens with two attached hydrogens (primary N) is 1. The second-order valence-electron chi connectivity index (χ2n) is 8.09. The number of hydrogen-bond acceptors (Lipinski definition) is 9. The summed E-state index contributed by atoms with van der Waals surface area (Å²) in [6.07, 6.45) is 1.93. The van der Waals surface area contributed by atoms with Crippen molar-refractivity contribution in [3.8, 4) is 28.8 Å². The van der Waals surface area contributed by atoms with Crippen LogP contribution in [0.2, 0.25) is 0 Å². The van der Waals surface area contributed by atoms with Gasteiger partial charge in [-0.05, 0) is 48.4 Å². The van der Waals surface area contributed by atoms with Crippen LogP contribution in [0.3, 0.4) is 0 Å². The van der Waals surface area contributed by atoms with Crippen molar-refractivity contribution >= 4 is 23.0 Å². The highest BCUT2D eigenvalue weighted by Gasteiger charge is 2.17. The summed E-state index contributed by atoms with van der Waals surface area (Å²) in [5.74, 6) is 0.155. The lowest BCUT2D eigenvalue weighted by Crippen LogP contribution is -2.15. The number of nitrogen functional groups attached to an aromatic ring is 1. The van der Waals surface area contributed by atoms with Crippen LogP contribution in [0, 0.1) is 11.7 Å². The molecule has 5 aromatic rings. The summed E-state index contributed by atoms with van der Waals surface area (Å²) in [6, 6.07) is 14.7. The van der Waals surface area contributed by atoms with Crippen LogP contribution in [0.25, 0.3) is 28.3 Å². The number of anilines is 1. The predicted molar refractivity (Wildman–Crippen MR) is 128 cm³/mol. The van der Waals surface area contributed by atoms with Gasteiger partial charge in [-0.15, -0.1) is 5.10 Å². The van der Waals surface area contributed by atoms with Gasteiger partial charge in [0.15, 0.2) is 23.1 Å². The Hall–Kier alpha value is -4.80. The van der Waals surface area contributed by atoms with Gasteiger partial charge in [0.2, 0.25) is 5.95 Å². The van der Waals surface area contributed by atoms with Gasteiger partial charge in [-0.2, -0.15) is 9.67 Å². The Morgan fingerprint density at radius 3 is 2.81 bits per heavy atom. The van der Waals surface area contributed by atoms with Crippen LogP contribution in [0.4, 0.5) is 10.3 Å². The Morgan fingerprint density at radius 2 is 2.03 bits per heavy atom. The smallest absolute Gasteiger partial charge is 0.308 e. The number of fused-ring (bicyclic) bond motifs is 1. The molecule has 1 unspecified atom stereocenters.